The van der Waals surface area contributed by atoms with Crippen molar-refractivity contribution in [3.05, 3.63) is 39.0 Å². The molecule has 7 heteroatoms. The lowest BCUT2D eigenvalue weighted by Crippen LogP contribution is -2.45. The fraction of sp³-hybridized carbons (Fsp3) is 0.550. The Balaban J connectivity index is 3.36. The van der Waals surface area contributed by atoms with Gasteiger partial charge < -0.3 is 19.8 Å². The minimum Gasteiger partial charge on any atom is -0.465 e. The number of nitrogens with zero attached hydrogens (tertiary/aromatic N) is 1. The summed E-state index contributed by atoms with van der Waals surface area (Å²) < 4.78 is 5.68. The van der Waals surface area contributed by atoms with Gasteiger partial charge in [-0.2, -0.15) is 0 Å². The monoisotopic (exact) mass is 459 g/mol. The zero-order valence-electron chi connectivity index (χ0n) is 16.7. The predicted octanol–water partition coefficient (Wildman–Crippen LogP) is 4.60. The molecule has 0 fully saturated rings. The lowest BCUT2D eigenvalue weighted by molar-refractivity contribution is 0.0605. The molecule has 0 aliphatic carbocycles. The van der Waals surface area contributed by atoms with Crippen LogP contribution < -0.4 is 4.90 Å². The molecule has 2 N–H and O–H groups in total. The first-order valence-electron chi connectivity index (χ1n) is 8.97. The maximum atomic E-state index is 12.2. The van der Waals surface area contributed by atoms with Crippen LogP contribution >= 0.6 is 27.3 Å². The number of rotatable bonds is 9. The molecular formula is C20H30BrNO4S. The Hall–Kier alpha value is -1.15. The van der Waals surface area contributed by atoms with E-state index in [4.69, 9.17) is 4.74 Å². The number of methoxy groups -OCH3 is 1. The van der Waals surface area contributed by atoms with Crippen molar-refractivity contribution in [2.24, 2.45) is 11.8 Å². The van der Waals surface area contributed by atoms with Gasteiger partial charge in [-0.3, -0.25) is 0 Å². The summed E-state index contributed by atoms with van der Waals surface area (Å²) in [6, 6.07) is 1.56. The van der Waals surface area contributed by atoms with Crippen LogP contribution in [0.2, 0.25) is 0 Å². The second-order valence-electron chi connectivity index (χ2n) is 6.93. The molecular weight excluding hydrogens is 430 g/mol. The molecule has 0 aliphatic heterocycles. The highest BCUT2D eigenvalue weighted by Crippen LogP contribution is 2.37. The highest BCUT2D eigenvalue weighted by molar-refractivity contribution is 9.11. The summed E-state index contributed by atoms with van der Waals surface area (Å²) in [5.74, 6) is -0.240. The van der Waals surface area contributed by atoms with E-state index >= 15 is 0 Å². The van der Waals surface area contributed by atoms with Crippen LogP contribution in [-0.2, 0) is 4.74 Å². The number of aliphatic hydroxyl groups excluding tert-OH is 2. The van der Waals surface area contributed by atoms with E-state index < -0.39 is 18.3 Å². The molecule has 1 aromatic heterocycles. The first-order valence-corrected chi connectivity index (χ1v) is 10.6. The smallest absolute Gasteiger partial charge is 0.350 e. The van der Waals surface area contributed by atoms with Gasteiger partial charge in [0.1, 0.15) is 11.1 Å². The van der Waals surface area contributed by atoms with Gasteiger partial charge in [0.25, 0.3) is 0 Å². The lowest BCUT2D eigenvalue weighted by atomic mass is 10.0. The maximum absolute atomic E-state index is 12.2. The van der Waals surface area contributed by atoms with Crippen LogP contribution in [-0.4, -0.2) is 41.7 Å². The molecule has 4 atom stereocenters. The summed E-state index contributed by atoms with van der Waals surface area (Å²) in [7, 11) is 1.34. The molecule has 1 rings (SSSR count). The Kier molecular flexibility index (Phi) is 9.73. The normalized spacial score (nSPS) is 16.7. The molecule has 0 saturated carbocycles. The molecule has 1 aromatic rings. The van der Waals surface area contributed by atoms with Crippen LogP contribution in [0.25, 0.3) is 0 Å². The van der Waals surface area contributed by atoms with E-state index in [1.165, 1.54) is 18.4 Å². The Bertz CT molecular complexity index is 669. The van der Waals surface area contributed by atoms with Gasteiger partial charge in [0.2, 0.25) is 0 Å². The van der Waals surface area contributed by atoms with Gasteiger partial charge in [-0.1, -0.05) is 45.1 Å². The highest BCUT2D eigenvalue weighted by atomic mass is 79.9. The molecule has 4 unspecified atom stereocenters. The second kappa shape index (κ2) is 11.0. The number of carbonyl (C=O) groups excluding carboxylic acids is 1. The number of anilines is 1. The molecule has 152 valence electrons. The molecule has 0 radical (unpaired) electrons. The maximum Gasteiger partial charge on any atom is 0.350 e. The van der Waals surface area contributed by atoms with E-state index in [1.54, 1.807) is 17.9 Å². The summed E-state index contributed by atoms with van der Waals surface area (Å²) in [6.45, 7) is 9.66. The summed E-state index contributed by atoms with van der Waals surface area (Å²) in [6.07, 6.45) is 6.05. The lowest BCUT2D eigenvalue weighted by Gasteiger charge is -2.36. The fourth-order valence-electron chi connectivity index (χ4n) is 2.55. The van der Waals surface area contributed by atoms with Crippen molar-refractivity contribution in [3.63, 3.8) is 0 Å². The molecule has 0 bridgehead atoms. The molecule has 0 saturated heterocycles. The Labute approximate surface area is 174 Å². The van der Waals surface area contributed by atoms with Crippen LogP contribution in [0.3, 0.4) is 0 Å². The zero-order valence-corrected chi connectivity index (χ0v) is 19.1. The molecule has 5 nitrogen and oxygen atoms in total. The van der Waals surface area contributed by atoms with Crippen molar-refractivity contribution in [2.75, 3.05) is 12.0 Å². The standard InChI is InChI=1S/C20H30BrNO4S/c1-12(2)7-8-13(3)19(24)22(14(4)9-10-15(5)23)16-11-17(21)27-18(16)20(25)26-6/h7-15,19,23-24H,1-6H3/b8-7+,10-9+. The van der Waals surface area contributed by atoms with Gasteiger partial charge in [-0.25, -0.2) is 4.79 Å². The molecule has 27 heavy (non-hydrogen) atoms. The van der Waals surface area contributed by atoms with E-state index in [0.717, 1.165) is 3.79 Å². The van der Waals surface area contributed by atoms with Gasteiger partial charge in [0, 0.05) is 12.0 Å². The fourth-order valence-corrected chi connectivity index (χ4v) is 4.05. The van der Waals surface area contributed by atoms with Gasteiger partial charge in [0.15, 0.2) is 0 Å². The van der Waals surface area contributed by atoms with Gasteiger partial charge in [-0.15, -0.1) is 11.3 Å². The Morgan fingerprint density at radius 2 is 1.78 bits per heavy atom. The van der Waals surface area contributed by atoms with Crippen molar-refractivity contribution in [1.82, 2.24) is 0 Å². The van der Waals surface area contributed by atoms with Gasteiger partial charge >= 0.3 is 5.97 Å². The van der Waals surface area contributed by atoms with Crippen LogP contribution in [0.5, 0.6) is 0 Å². The second-order valence-corrected chi connectivity index (χ2v) is 9.36. The first-order chi connectivity index (χ1) is 12.6. The summed E-state index contributed by atoms with van der Waals surface area (Å²) >= 11 is 4.69. The zero-order chi connectivity index (χ0) is 20.7. The van der Waals surface area contributed by atoms with Crippen molar-refractivity contribution < 1.29 is 19.7 Å². The molecule has 0 spiro atoms. The van der Waals surface area contributed by atoms with Crippen molar-refractivity contribution >= 4 is 38.9 Å². The third kappa shape index (κ3) is 7.07. The number of allylic oxidation sites excluding steroid dienone is 1. The third-order valence-electron chi connectivity index (χ3n) is 3.99. The average molecular weight is 460 g/mol. The number of halogens is 1. The molecule has 0 aromatic carbocycles. The minimum absolute atomic E-state index is 0.168. The number of hydrogen-bond donors (Lipinski definition) is 2. The quantitative estimate of drug-likeness (QED) is 0.320. The summed E-state index contributed by atoms with van der Waals surface area (Å²) in [5, 5.41) is 20.7. The summed E-state index contributed by atoms with van der Waals surface area (Å²) in [5.41, 5.74) is 0.596. The molecule has 1 heterocycles. The van der Waals surface area contributed by atoms with Crippen LogP contribution in [0.4, 0.5) is 5.69 Å². The van der Waals surface area contributed by atoms with E-state index in [0.29, 0.717) is 16.5 Å². The number of hydrogen-bond acceptors (Lipinski definition) is 6. The van der Waals surface area contributed by atoms with Crippen LogP contribution in [0, 0.1) is 11.8 Å². The van der Waals surface area contributed by atoms with E-state index in [-0.39, 0.29) is 12.0 Å². The highest BCUT2D eigenvalue weighted by Gasteiger charge is 2.30. The number of aliphatic hydroxyl groups is 2. The Morgan fingerprint density at radius 1 is 1.15 bits per heavy atom. The number of esters is 1. The van der Waals surface area contributed by atoms with Gasteiger partial charge in [0.05, 0.1) is 22.7 Å². The van der Waals surface area contributed by atoms with Crippen LogP contribution in [0.15, 0.2) is 34.2 Å². The van der Waals surface area contributed by atoms with Crippen molar-refractivity contribution in [1.29, 1.82) is 0 Å². The van der Waals surface area contributed by atoms with E-state index in [9.17, 15) is 15.0 Å². The van der Waals surface area contributed by atoms with Crippen molar-refractivity contribution in [3.8, 4) is 0 Å². The predicted molar refractivity (Wildman–Crippen MR) is 115 cm³/mol. The van der Waals surface area contributed by atoms with Gasteiger partial charge in [-0.05, 0) is 41.8 Å². The Morgan fingerprint density at radius 3 is 2.30 bits per heavy atom. The molecule has 0 aliphatic rings. The number of carbonyl (C=O) groups is 1. The summed E-state index contributed by atoms with van der Waals surface area (Å²) in [4.78, 5) is 14.4. The SMILES string of the molecule is COC(=O)c1sc(Br)cc1N(C(C)/C=C/C(C)O)C(O)C(C)/C=C/C(C)C. The topological polar surface area (TPSA) is 70.0 Å². The van der Waals surface area contributed by atoms with Crippen molar-refractivity contribution in [2.45, 2.75) is 53.0 Å². The third-order valence-corrected chi connectivity index (χ3v) is 5.60. The van der Waals surface area contributed by atoms with E-state index in [1.807, 2.05) is 38.1 Å². The molecule has 0 amide bonds. The van der Waals surface area contributed by atoms with Crippen LogP contribution in [0.1, 0.15) is 44.3 Å². The van der Waals surface area contributed by atoms with E-state index in [2.05, 4.69) is 29.8 Å². The number of ether oxygens (including phenoxy) is 1. The first kappa shape index (κ1) is 23.9. The number of thiophene rings is 1. The average Bonchev–Trinajstić information content (AvgIpc) is 2.98. The minimum atomic E-state index is -0.862. The largest absolute Gasteiger partial charge is 0.465 e.